The first-order valence-corrected chi connectivity index (χ1v) is 6.25. The Hall–Kier alpha value is -2.35. The molecular weight excluding hydrogens is 236 g/mol. The summed E-state index contributed by atoms with van der Waals surface area (Å²) in [5.41, 5.74) is 3.08. The van der Waals surface area contributed by atoms with Crippen LogP contribution in [-0.2, 0) is 0 Å². The number of methoxy groups -OCH3 is 1. The highest BCUT2D eigenvalue weighted by molar-refractivity contribution is 5.88. The number of benzene rings is 2. The molecule has 0 unspecified atom stereocenters. The lowest BCUT2D eigenvalue weighted by atomic mass is 10.1. The van der Waals surface area contributed by atoms with Crippen molar-refractivity contribution < 1.29 is 9.15 Å². The van der Waals surface area contributed by atoms with Crippen molar-refractivity contribution in [2.75, 3.05) is 7.11 Å². The number of fused-ring (bicyclic) bond motifs is 1. The molecule has 3 aromatic rings. The quantitative estimate of drug-likeness (QED) is 0.615. The van der Waals surface area contributed by atoms with Gasteiger partial charge in [0.2, 0.25) is 0 Å². The first-order valence-electron chi connectivity index (χ1n) is 6.25. The normalized spacial score (nSPS) is 10.6. The lowest BCUT2D eigenvalue weighted by Crippen LogP contribution is -1.88. The van der Waals surface area contributed by atoms with Crippen LogP contribution < -0.4 is 4.74 Å². The van der Waals surface area contributed by atoms with E-state index in [9.17, 15) is 0 Å². The highest BCUT2D eigenvalue weighted by Gasteiger charge is 2.19. The van der Waals surface area contributed by atoms with E-state index in [4.69, 9.17) is 9.15 Å². The van der Waals surface area contributed by atoms with Crippen LogP contribution in [-0.4, -0.2) is 7.11 Å². The van der Waals surface area contributed by atoms with Crippen LogP contribution in [0.4, 0.5) is 0 Å². The fourth-order valence-corrected chi connectivity index (χ4v) is 2.32. The van der Waals surface area contributed by atoms with Gasteiger partial charge in [0.15, 0.2) is 0 Å². The van der Waals surface area contributed by atoms with E-state index >= 15 is 0 Å². The van der Waals surface area contributed by atoms with Gasteiger partial charge in [-0.25, -0.2) is 4.42 Å². The van der Waals surface area contributed by atoms with E-state index in [1.807, 2.05) is 48.5 Å². The molecule has 19 heavy (non-hydrogen) atoms. The molecule has 0 atom stereocenters. The second-order valence-electron chi connectivity index (χ2n) is 4.49. The van der Waals surface area contributed by atoms with Crippen molar-refractivity contribution in [3.63, 3.8) is 0 Å². The van der Waals surface area contributed by atoms with Crippen molar-refractivity contribution in [3.8, 4) is 17.1 Å². The van der Waals surface area contributed by atoms with E-state index in [0.29, 0.717) is 0 Å². The van der Waals surface area contributed by atoms with E-state index in [0.717, 1.165) is 33.6 Å². The Morgan fingerprint density at radius 1 is 0.947 bits per heavy atom. The predicted octanol–water partition coefficient (Wildman–Crippen LogP) is 4.70. The Balaban J connectivity index is 2.26. The third-order valence-electron chi connectivity index (χ3n) is 3.23. The summed E-state index contributed by atoms with van der Waals surface area (Å²) in [4.78, 5) is 0. The van der Waals surface area contributed by atoms with Crippen molar-refractivity contribution in [3.05, 3.63) is 60.2 Å². The lowest BCUT2D eigenvalue weighted by Gasteiger charge is -2.03. The Morgan fingerprint density at radius 2 is 1.74 bits per heavy atom. The smallest absolute Gasteiger partial charge is 0.364 e. The Morgan fingerprint density at radius 3 is 2.47 bits per heavy atom. The van der Waals surface area contributed by atoms with Crippen LogP contribution in [0.25, 0.3) is 22.3 Å². The number of hydrogen-bond donors (Lipinski definition) is 0. The molecule has 2 nitrogen and oxygen atoms in total. The summed E-state index contributed by atoms with van der Waals surface area (Å²) in [7, 11) is 1.68. The van der Waals surface area contributed by atoms with Crippen LogP contribution >= 0.6 is 0 Å². The molecule has 2 heteroatoms. The third-order valence-corrected chi connectivity index (χ3v) is 3.23. The fraction of sp³-hybridized carbons (Fsp3) is 0.118. The van der Waals surface area contributed by atoms with Crippen molar-refractivity contribution >= 4 is 11.0 Å². The van der Waals surface area contributed by atoms with E-state index < -0.39 is 0 Å². The van der Waals surface area contributed by atoms with Crippen LogP contribution in [0, 0.1) is 6.92 Å². The van der Waals surface area contributed by atoms with Gasteiger partial charge in [0.05, 0.1) is 12.7 Å². The summed E-state index contributed by atoms with van der Waals surface area (Å²) < 4.78 is 11.4. The zero-order valence-corrected chi connectivity index (χ0v) is 11.0. The molecule has 1 heterocycles. The van der Waals surface area contributed by atoms with E-state index in [-0.39, 0.29) is 0 Å². The van der Waals surface area contributed by atoms with Gasteiger partial charge in [0.25, 0.3) is 0 Å². The maximum atomic E-state index is 5.99. The minimum atomic E-state index is 0.846. The molecule has 3 rings (SSSR count). The molecule has 2 aromatic carbocycles. The molecule has 0 aliphatic heterocycles. The topological polar surface area (TPSA) is 20.5 Å². The Bertz CT molecular complexity index is 718. The van der Waals surface area contributed by atoms with Gasteiger partial charge in [-0.3, -0.25) is 0 Å². The summed E-state index contributed by atoms with van der Waals surface area (Å²) in [5, 5.41) is 1.03. The van der Waals surface area contributed by atoms with Gasteiger partial charge in [-0.15, -0.1) is 0 Å². The van der Waals surface area contributed by atoms with Crippen molar-refractivity contribution in [1.29, 1.82) is 0 Å². The molecule has 0 saturated heterocycles. The van der Waals surface area contributed by atoms with E-state index in [1.54, 1.807) is 7.11 Å². The standard InChI is InChI=1S/C17H15O2/c1-12-11-16(13-7-4-3-5-8-13)19-15-10-6-9-14(18-2)17(12)15/h3-11H,1-2H3/q+1. The zero-order valence-electron chi connectivity index (χ0n) is 11.0. The maximum absolute atomic E-state index is 5.99. The zero-order chi connectivity index (χ0) is 13.2. The number of aryl methyl sites for hydroxylation is 1. The van der Waals surface area contributed by atoms with Gasteiger partial charge in [0, 0.05) is 12.1 Å². The van der Waals surface area contributed by atoms with Crippen LogP contribution in [0.15, 0.2) is 59.0 Å². The summed E-state index contributed by atoms with van der Waals surface area (Å²) >= 11 is 0. The average Bonchev–Trinajstić information content (AvgIpc) is 2.47. The second-order valence-corrected chi connectivity index (χ2v) is 4.49. The molecule has 1 aromatic heterocycles. The monoisotopic (exact) mass is 251 g/mol. The molecule has 0 aliphatic rings. The molecule has 0 N–H and O–H groups in total. The first kappa shape index (κ1) is 11.7. The predicted molar refractivity (Wildman–Crippen MR) is 77.3 cm³/mol. The summed E-state index contributed by atoms with van der Waals surface area (Å²) in [6, 6.07) is 18.0. The van der Waals surface area contributed by atoms with Crippen molar-refractivity contribution in [2.45, 2.75) is 6.92 Å². The van der Waals surface area contributed by atoms with Gasteiger partial charge in [-0.2, -0.15) is 0 Å². The van der Waals surface area contributed by atoms with Crippen molar-refractivity contribution in [1.82, 2.24) is 0 Å². The SMILES string of the molecule is COc1cccc2[o+]c(-c3ccccc3)cc(C)c12. The summed E-state index contributed by atoms with van der Waals surface area (Å²) in [5.74, 6) is 1.72. The molecule has 0 fully saturated rings. The summed E-state index contributed by atoms with van der Waals surface area (Å²) in [6.07, 6.45) is 0. The fourth-order valence-electron chi connectivity index (χ4n) is 2.32. The highest BCUT2D eigenvalue weighted by atomic mass is 16.5. The Kier molecular flexibility index (Phi) is 2.92. The van der Waals surface area contributed by atoms with E-state index in [1.165, 1.54) is 0 Å². The average molecular weight is 251 g/mol. The molecule has 94 valence electrons. The molecule has 0 amide bonds. The van der Waals surface area contributed by atoms with Gasteiger partial charge in [-0.1, -0.05) is 18.2 Å². The van der Waals surface area contributed by atoms with Crippen LogP contribution in [0.3, 0.4) is 0 Å². The highest BCUT2D eigenvalue weighted by Crippen LogP contribution is 2.32. The molecule has 0 spiro atoms. The minimum absolute atomic E-state index is 0.846. The first-order chi connectivity index (χ1) is 9.29. The largest absolute Gasteiger partial charge is 0.496 e. The molecule has 0 saturated carbocycles. The lowest BCUT2D eigenvalue weighted by molar-refractivity contribution is 0.419. The summed E-state index contributed by atoms with van der Waals surface area (Å²) in [6.45, 7) is 2.08. The molecule has 0 bridgehead atoms. The molecular formula is C17H15O2+. The van der Waals surface area contributed by atoms with Gasteiger partial charge in [0.1, 0.15) is 11.1 Å². The van der Waals surface area contributed by atoms with Crippen LogP contribution in [0.2, 0.25) is 0 Å². The minimum Gasteiger partial charge on any atom is -0.496 e. The van der Waals surface area contributed by atoms with Gasteiger partial charge >= 0.3 is 11.3 Å². The van der Waals surface area contributed by atoms with Gasteiger partial charge < -0.3 is 4.74 Å². The third kappa shape index (κ3) is 2.06. The second kappa shape index (κ2) is 4.73. The maximum Gasteiger partial charge on any atom is 0.364 e. The number of rotatable bonds is 2. The van der Waals surface area contributed by atoms with Crippen molar-refractivity contribution in [2.24, 2.45) is 0 Å². The molecule has 0 radical (unpaired) electrons. The van der Waals surface area contributed by atoms with E-state index in [2.05, 4.69) is 13.0 Å². The molecule has 0 aliphatic carbocycles. The van der Waals surface area contributed by atoms with Gasteiger partial charge in [-0.05, 0) is 36.8 Å². The number of ether oxygens (including phenoxy) is 1. The van der Waals surface area contributed by atoms with Crippen LogP contribution in [0.5, 0.6) is 5.75 Å². The Labute approximate surface area is 112 Å². The number of hydrogen-bond acceptors (Lipinski definition) is 1. The van der Waals surface area contributed by atoms with Crippen LogP contribution in [0.1, 0.15) is 5.56 Å².